The number of aromatic hydroxyl groups is 1. The third-order valence-corrected chi connectivity index (χ3v) is 10.8. The monoisotopic (exact) mass is 1000 g/mol. The Morgan fingerprint density at radius 3 is 1.93 bits per heavy atom. The molecule has 1 fully saturated rings. The number of carboxylic acid groups (broad SMARTS) is 3. The molecule has 0 spiro atoms. The zero-order chi connectivity index (χ0) is 52.9. The van der Waals surface area contributed by atoms with E-state index in [2.05, 4.69) is 47.2 Å². The normalized spacial score (nSPS) is 16.0. The van der Waals surface area contributed by atoms with E-state index in [1.807, 2.05) is 0 Å². The SMILES string of the molecule is C[C@H](NC(=O)[C@H](CCCNC(=N)N)NC(=O)[C@H](CC(=O)O)NC(=O)[C@@H]1CCCN1C(=O)[C@@H](N)CCC(=O)O)C(=O)N[C@@H](Cc1c[nH]cn1)C(=O)N[C@@H](Cc1ccc(O)cc1)C(=O)N[C@@H](CC(N)=O)C(=O)O. The topological polar surface area (TPSA) is 487 Å². The second-order valence-corrected chi connectivity index (χ2v) is 16.5. The molecule has 0 aliphatic carbocycles. The number of hydrogen-bond donors (Lipinski definition) is 16. The van der Waals surface area contributed by atoms with Crippen LogP contribution >= 0.6 is 0 Å². The van der Waals surface area contributed by atoms with Crippen LogP contribution in [0.3, 0.4) is 0 Å². The summed E-state index contributed by atoms with van der Waals surface area (Å²) < 4.78 is 0. The molecule has 1 aromatic heterocycles. The smallest absolute Gasteiger partial charge is 0.326 e. The average molecular weight is 1000 g/mol. The van der Waals surface area contributed by atoms with Gasteiger partial charge in [-0.25, -0.2) is 9.78 Å². The van der Waals surface area contributed by atoms with Gasteiger partial charge in [0.2, 0.25) is 47.3 Å². The molecular formula is C42H60N14O15. The van der Waals surface area contributed by atoms with Gasteiger partial charge in [0, 0.05) is 38.5 Å². The Morgan fingerprint density at radius 1 is 0.761 bits per heavy atom. The van der Waals surface area contributed by atoms with E-state index in [1.165, 1.54) is 43.7 Å². The Hall–Kier alpha value is -8.37. The van der Waals surface area contributed by atoms with Gasteiger partial charge in [-0.2, -0.15) is 0 Å². The van der Waals surface area contributed by atoms with Crippen LogP contribution < -0.4 is 54.4 Å². The number of aromatic nitrogens is 2. The number of amides is 8. The number of rotatable bonds is 29. The predicted molar refractivity (Wildman–Crippen MR) is 244 cm³/mol. The van der Waals surface area contributed by atoms with Crippen molar-refractivity contribution in [2.75, 3.05) is 13.1 Å². The number of aromatic amines is 1. The summed E-state index contributed by atoms with van der Waals surface area (Å²) in [6.07, 6.45) is -0.0640. The van der Waals surface area contributed by atoms with Crippen molar-refractivity contribution in [1.82, 2.24) is 52.1 Å². The number of H-pyrrole nitrogens is 1. The van der Waals surface area contributed by atoms with Crippen LogP contribution in [0.2, 0.25) is 0 Å². The Kier molecular flexibility index (Phi) is 22.1. The number of nitrogens with one attached hydrogen (secondary N) is 9. The third kappa shape index (κ3) is 19.3. The van der Waals surface area contributed by atoms with Gasteiger partial charge < -0.3 is 84.7 Å². The second kappa shape index (κ2) is 27.6. The molecule has 1 aliphatic rings. The van der Waals surface area contributed by atoms with Gasteiger partial charge in [-0.15, -0.1) is 0 Å². The maximum Gasteiger partial charge on any atom is 0.326 e. The molecule has 1 aromatic carbocycles. The molecule has 71 heavy (non-hydrogen) atoms. The van der Waals surface area contributed by atoms with Gasteiger partial charge in [0.25, 0.3) is 0 Å². The van der Waals surface area contributed by atoms with E-state index in [4.69, 9.17) is 27.7 Å². The number of benzene rings is 1. The average Bonchev–Trinajstić information content (AvgIpc) is 4.01. The van der Waals surface area contributed by atoms with Crippen LogP contribution in [-0.4, -0.2) is 168 Å². The molecular weight excluding hydrogens is 941 g/mol. The molecule has 19 N–H and O–H groups in total. The van der Waals surface area contributed by atoms with Crippen LogP contribution in [0, 0.1) is 5.41 Å². The number of imidazole rings is 1. The summed E-state index contributed by atoms with van der Waals surface area (Å²) in [6, 6.07) is -6.75. The van der Waals surface area contributed by atoms with Crippen molar-refractivity contribution >= 4 is 71.1 Å². The minimum atomic E-state index is -1.82. The quantitative estimate of drug-likeness (QED) is 0.0206. The zero-order valence-electron chi connectivity index (χ0n) is 38.5. The fraction of sp³-hybridized carbons (Fsp3) is 0.500. The first-order valence-electron chi connectivity index (χ1n) is 22.1. The molecule has 0 unspecified atom stereocenters. The first kappa shape index (κ1) is 57.0. The number of primary amides is 1. The molecule has 0 radical (unpaired) electrons. The van der Waals surface area contributed by atoms with Gasteiger partial charge in [0.15, 0.2) is 5.96 Å². The number of hydrogen-bond acceptors (Lipinski definition) is 15. The number of aliphatic carboxylic acids is 3. The van der Waals surface area contributed by atoms with E-state index in [0.29, 0.717) is 12.0 Å². The van der Waals surface area contributed by atoms with E-state index < -0.39 is 139 Å². The molecule has 0 saturated carbocycles. The third-order valence-electron chi connectivity index (χ3n) is 10.8. The molecule has 2 aromatic rings. The Labute approximate surface area is 404 Å². The van der Waals surface area contributed by atoms with E-state index >= 15 is 0 Å². The van der Waals surface area contributed by atoms with Crippen LogP contribution in [0.5, 0.6) is 5.75 Å². The lowest BCUT2D eigenvalue weighted by Crippen LogP contribution is -2.60. The highest BCUT2D eigenvalue weighted by Gasteiger charge is 2.39. The maximum absolute atomic E-state index is 14.0. The van der Waals surface area contributed by atoms with Gasteiger partial charge in [-0.3, -0.25) is 53.4 Å². The molecule has 0 bridgehead atoms. The Morgan fingerprint density at radius 2 is 1.35 bits per heavy atom. The standard InChI is InChI=1S/C42H60N14O15/c1-20(34(63)52-27(15-22-18-47-19-49-22)37(66)53-26(14-21-6-8-23(57)9-7-21)36(65)55-29(41(70)71)16-31(44)58)50-35(64)25(4-2-12-48-42(45)46)51-38(67)28(17-33(61)62)54-39(68)30-5-3-13-56(30)40(69)24(43)10-11-32(59)60/h6-9,18-20,24-30,57H,2-5,10-17,43H2,1H3,(H2,44,58)(H,47,49)(H,50,64)(H,51,67)(H,52,63)(H,53,66)(H,54,68)(H,55,65)(H,59,60)(H,61,62)(H,70,71)(H4,45,46,48)/t20-,24-,25-,26-,27-,28-,29-,30-/m0/s1. The largest absolute Gasteiger partial charge is 0.508 e. The van der Waals surface area contributed by atoms with Crippen LogP contribution in [0.4, 0.5) is 0 Å². The Bertz CT molecular complexity index is 2260. The fourth-order valence-electron chi connectivity index (χ4n) is 7.16. The summed E-state index contributed by atoms with van der Waals surface area (Å²) in [6.45, 7) is 1.30. The van der Waals surface area contributed by atoms with Crippen molar-refractivity contribution < 1.29 is 73.2 Å². The number of carboxylic acids is 3. The van der Waals surface area contributed by atoms with Gasteiger partial charge >= 0.3 is 17.9 Å². The van der Waals surface area contributed by atoms with Gasteiger partial charge in [0.05, 0.1) is 30.9 Å². The number of nitrogens with two attached hydrogens (primary N) is 3. The highest BCUT2D eigenvalue weighted by atomic mass is 16.4. The predicted octanol–water partition coefficient (Wildman–Crippen LogP) is -5.29. The lowest BCUT2D eigenvalue weighted by atomic mass is 10.0. The number of phenols is 1. The summed E-state index contributed by atoms with van der Waals surface area (Å²) in [5.74, 6) is -12.8. The summed E-state index contributed by atoms with van der Waals surface area (Å²) in [7, 11) is 0. The molecule has 388 valence electrons. The summed E-state index contributed by atoms with van der Waals surface area (Å²) in [5, 5.41) is 62.2. The summed E-state index contributed by atoms with van der Waals surface area (Å²) in [5.41, 5.74) is 17.0. The van der Waals surface area contributed by atoms with Crippen molar-refractivity contribution in [3.05, 3.63) is 48.0 Å². The molecule has 29 nitrogen and oxygen atoms in total. The van der Waals surface area contributed by atoms with Crippen LogP contribution in [-0.2, 0) is 65.6 Å². The number of likely N-dealkylation sites (tertiary alicyclic amines) is 1. The van der Waals surface area contributed by atoms with Gasteiger partial charge in [-0.05, 0) is 56.7 Å². The minimum absolute atomic E-state index is 0.0122. The number of carbonyl (C=O) groups is 11. The molecule has 8 atom stereocenters. The van der Waals surface area contributed by atoms with Crippen LogP contribution in [0.15, 0.2) is 36.8 Å². The Balaban J connectivity index is 1.83. The maximum atomic E-state index is 14.0. The van der Waals surface area contributed by atoms with E-state index in [0.717, 1.165) is 4.90 Å². The minimum Gasteiger partial charge on any atom is -0.508 e. The molecule has 1 aliphatic heterocycles. The number of phenolic OH excluding ortho intramolecular Hbond substituents is 1. The van der Waals surface area contributed by atoms with Crippen LogP contribution in [0.25, 0.3) is 0 Å². The lowest BCUT2D eigenvalue weighted by molar-refractivity contribution is -0.144. The summed E-state index contributed by atoms with van der Waals surface area (Å²) >= 11 is 0. The van der Waals surface area contributed by atoms with Crippen molar-refractivity contribution in [2.24, 2.45) is 17.2 Å². The van der Waals surface area contributed by atoms with Gasteiger partial charge in [0.1, 0.15) is 48.0 Å². The van der Waals surface area contributed by atoms with Crippen molar-refractivity contribution in [3.63, 3.8) is 0 Å². The fourth-order valence-corrected chi connectivity index (χ4v) is 7.16. The molecule has 3 rings (SSSR count). The number of guanidine groups is 1. The molecule has 2 heterocycles. The van der Waals surface area contributed by atoms with Gasteiger partial charge in [-0.1, -0.05) is 12.1 Å². The van der Waals surface area contributed by atoms with Crippen molar-refractivity contribution in [2.45, 2.75) is 119 Å². The van der Waals surface area contributed by atoms with Crippen molar-refractivity contribution in [1.29, 1.82) is 5.41 Å². The highest BCUT2D eigenvalue weighted by Crippen LogP contribution is 2.20. The van der Waals surface area contributed by atoms with E-state index in [-0.39, 0.29) is 63.1 Å². The summed E-state index contributed by atoms with van der Waals surface area (Å²) in [4.78, 5) is 150. The van der Waals surface area contributed by atoms with E-state index in [1.54, 1.807) is 0 Å². The number of carbonyl (C=O) groups excluding carboxylic acids is 8. The number of nitrogens with zero attached hydrogens (tertiary/aromatic N) is 2. The first-order chi connectivity index (χ1) is 33.4. The molecule has 29 heteroatoms. The van der Waals surface area contributed by atoms with Crippen LogP contribution in [0.1, 0.15) is 69.5 Å². The van der Waals surface area contributed by atoms with Crippen molar-refractivity contribution in [3.8, 4) is 5.75 Å². The molecule has 8 amide bonds. The first-order valence-corrected chi connectivity index (χ1v) is 22.1. The lowest BCUT2D eigenvalue weighted by Gasteiger charge is -2.28. The highest BCUT2D eigenvalue weighted by molar-refractivity contribution is 5.98. The zero-order valence-corrected chi connectivity index (χ0v) is 38.5. The molecule has 1 saturated heterocycles. The van der Waals surface area contributed by atoms with E-state index in [9.17, 15) is 68.1 Å². The second-order valence-electron chi connectivity index (χ2n) is 16.5.